The molecule has 1 heterocycles. The first kappa shape index (κ1) is 19.4. The monoisotopic (exact) mass is 396 g/mol. The fraction of sp³-hybridized carbons (Fsp3) is 0.391. The zero-order valence-electron chi connectivity index (χ0n) is 16.4. The van der Waals surface area contributed by atoms with Crippen molar-refractivity contribution in [2.24, 2.45) is 0 Å². The van der Waals surface area contributed by atoms with Crippen LogP contribution in [-0.4, -0.2) is 42.6 Å². The SMILES string of the molecule is O=C1OCCN1c1cccc(C(=O)N(CCc2ccc(F)cc2)C2CCCC2)c1. The predicted molar refractivity (Wildman–Crippen MR) is 109 cm³/mol. The molecule has 1 aliphatic carbocycles. The molecule has 4 rings (SSSR count). The van der Waals surface area contributed by atoms with E-state index in [0.29, 0.717) is 37.4 Å². The second kappa shape index (κ2) is 8.64. The molecule has 0 bridgehead atoms. The van der Waals surface area contributed by atoms with Gasteiger partial charge in [0, 0.05) is 23.8 Å². The number of hydrogen-bond donors (Lipinski definition) is 0. The predicted octanol–water partition coefficient (Wildman–Crippen LogP) is 4.41. The summed E-state index contributed by atoms with van der Waals surface area (Å²) in [6.07, 6.45) is 4.58. The van der Waals surface area contributed by atoms with Gasteiger partial charge in [-0.15, -0.1) is 0 Å². The van der Waals surface area contributed by atoms with Crippen molar-refractivity contribution in [3.8, 4) is 0 Å². The van der Waals surface area contributed by atoms with Gasteiger partial charge in [-0.3, -0.25) is 9.69 Å². The molecule has 0 aromatic heterocycles. The second-order valence-corrected chi connectivity index (χ2v) is 7.63. The standard InChI is InChI=1S/C23H25FN2O3/c24-19-10-8-17(9-11-19)12-13-25(20-5-1-2-6-20)22(27)18-4-3-7-21(16-18)26-14-15-29-23(26)28/h3-4,7-11,16,20H,1-2,5-6,12-15H2. The number of benzene rings is 2. The fourth-order valence-electron chi connectivity index (χ4n) is 4.17. The second-order valence-electron chi connectivity index (χ2n) is 7.63. The Balaban J connectivity index is 1.53. The maximum absolute atomic E-state index is 13.4. The zero-order chi connectivity index (χ0) is 20.2. The van der Waals surface area contributed by atoms with Crippen molar-refractivity contribution in [3.63, 3.8) is 0 Å². The molecular formula is C23H25FN2O3. The first-order valence-electron chi connectivity index (χ1n) is 10.2. The molecule has 0 radical (unpaired) electrons. The summed E-state index contributed by atoms with van der Waals surface area (Å²) in [7, 11) is 0. The maximum Gasteiger partial charge on any atom is 0.414 e. The van der Waals surface area contributed by atoms with Crippen LogP contribution in [0, 0.1) is 5.82 Å². The summed E-state index contributed by atoms with van der Waals surface area (Å²) in [5.74, 6) is -0.275. The Morgan fingerprint density at radius 2 is 1.90 bits per heavy atom. The van der Waals surface area contributed by atoms with Gasteiger partial charge in [-0.25, -0.2) is 9.18 Å². The number of anilines is 1. The van der Waals surface area contributed by atoms with Gasteiger partial charge in [-0.2, -0.15) is 0 Å². The summed E-state index contributed by atoms with van der Waals surface area (Å²) in [5.41, 5.74) is 2.27. The van der Waals surface area contributed by atoms with Crippen molar-refractivity contribution in [1.29, 1.82) is 0 Å². The van der Waals surface area contributed by atoms with Crippen LogP contribution in [0.5, 0.6) is 0 Å². The molecule has 1 saturated heterocycles. The molecule has 1 saturated carbocycles. The smallest absolute Gasteiger partial charge is 0.414 e. The van der Waals surface area contributed by atoms with E-state index in [2.05, 4.69) is 0 Å². The molecule has 2 aliphatic rings. The van der Waals surface area contributed by atoms with Crippen molar-refractivity contribution in [3.05, 3.63) is 65.5 Å². The van der Waals surface area contributed by atoms with E-state index >= 15 is 0 Å². The summed E-state index contributed by atoms with van der Waals surface area (Å²) >= 11 is 0. The Hall–Kier alpha value is -2.89. The lowest BCUT2D eigenvalue weighted by Gasteiger charge is -2.29. The lowest BCUT2D eigenvalue weighted by atomic mass is 10.1. The lowest BCUT2D eigenvalue weighted by Crippen LogP contribution is -2.40. The van der Waals surface area contributed by atoms with Gasteiger partial charge in [0.15, 0.2) is 0 Å². The quantitative estimate of drug-likeness (QED) is 0.727. The summed E-state index contributed by atoms with van der Waals surface area (Å²) in [4.78, 5) is 28.8. The van der Waals surface area contributed by atoms with Gasteiger partial charge in [-0.05, 0) is 55.2 Å². The van der Waals surface area contributed by atoms with Crippen LogP contribution in [0.2, 0.25) is 0 Å². The van der Waals surface area contributed by atoms with Gasteiger partial charge in [0.2, 0.25) is 0 Å². The van der Waals surface area contributed by atoms with Gasteiger partial charge in [0.25, 0.3) is 5.91 Å². The van der Waals surface area contributed by atoms with Crippen LogP contribution in [0.15, 0.2) is 48.5 Å². The fourth-order valence-corrected chi connectivity index (χ4v) is 4.17. The molecule has 1 aliphatic heterocycles. The van der Waals surface area contributed by atoms with E-state index in [1.807, 2.05) is 11.0 Å². The lowest BCUT2D eigenvalue weighted by molar-refractivity contribution is 0.0684. The molecule has 2 aromatic carbocycles. The summed E-state index contributed by atoms with van der Waals surface area (Å²) in [6, 6.07) is 13.9. The average molecular weight is 396 g/mol. The molecule has 0 N–H and O–H groups in total. The maximum atomic E-state index is 13.4. The summed E-state index contributed by atoms with van der Waals surface area (Å²) in [5, 5.41) is 0. The highest BCUT2D eigenvalue weighted by atomic mass is 19.1. The van der Waals surface area contributed by atoms with E-state index in [1.165, 1.54) is 12.1 Å². The molecular weight excluding hydrogens is 371 g/mol. The highest BCUT2D eigenvalue weighted by Crippen LogP contribution is 2.27. The third-order valence-electron chi connectivity index (χ3n) is 5.75. The minimum absolute atomic E-state index is 0.0200. The molecule has 2 fully saturated rings. The highest BCUT2D eigenvalue weighted by Gasteiger charge is 2.29. The van der Waals surface area contributed by atoms with Crippen molar-refractivity contribution in [1.82, 2.24) is 4.90 Å². The molecule has 152 valence electrons. The Labute approximate surface area is 170 Å². The normalized spacial score (nSPS) is 16.9. The number of amides is 2. The molecule has 5 nitrogen and oxygen atoms in total. The topological polar surface area (TPSA) is 49.9 Å². The van der Waals surface area contributed by atoms with Crippen LogP contribution in [0.25, 0.3) is 0 Å². The molecule has 2 amide bonds. The van der Waals surface area contributed by atoms with E-state index in [1.54, 1.807) is 35.2 Å². The Morgan fingerprint density at radius 3 is 2.59 bits per heavy atom. The zero-order valence-corrected chi connectivity index (χ0v) is 16.4. The number of cyclic esters (lactones) is 1. The number of halogens is 1. The summed E-state index contributed by atoms with van der Waals surface area (Å²) < 4.78 is 18.2. The third kappa shape index (κ3) is 4.42. The number of carbonyl (C=O) groups is 2. The van der Waals surface area contributed by atoms with E-state index in [-0.39, 0.29) is 23.9 Å². The Bertz CT molecular complexity index is 878. The third-order valence-corrected chi connectivity index (χ3v) is 5.75. The van der Waals surface area contributed by atoms with Crippen LogP contribution in [0.1, 0.15) is 41.6 Å². The van der Waals surface area contributed by atoms with Crippen molar-refractivity contribution >= 4 is 17.7 Å². The average Bonchev–Trinajstić information content (AvgIpc) is 3.41. The van der Waals surface area contributed by atoms with Crippen LogP contribution >= 0.6 is 0 Å². The van der Waals surface area contributed by atoms with Crippen LogP contribution in [0.3, 0.4) is 0 Å². The van der Waals surface area contributed by atoms with Crippen molar-refractivity contribution in [2.45, 2.75) is 38.1 Å². The molecule has 6 heteroatoms. The molecule has 29 heavy (non-hydrogen) atoms. The number of carbonyl (C=O) groups excluding carboxylic acids is 2. The largest absolute Gasteiger partial charge is 0.447 e. The van der Waals surface area contributed by atoms with Crippen LogP contribution in [-0.2, 0) is 11.2 Å². The molecule has 0 unspecified atom stereocenters. The number of rotatable bonds is 6. The van der Waals surface area contributed by atoms with E-state index in [0.717, 1.165) is 31.2 Å². The number of ether oxygens (including phenoxy) is 1. The van der Waals surface area contributed by atoms with Gasteiger partial charge < -0.3 is 9.64 Å². The van der Waals surface area contributed by atoms with Gasteiger partial charge in [0.05, 0.1) is 6.54 Å². The van der Waals surface area contributed by atoms with Gasteiger partial charge in [0.1, 0.15) is 12.4 Å². The minimum atomic E-state index is -0.376. The molecule has 0 atom stereocenters. The van der Waals surface area contributed by atoms with Crippen molar-refractivity contribution < 1.29 is 18.7 Å². The van der Waals surface area contributed by atoms with E-state index in [4.69, 9.17) is 4.74 Å². The number of hydrogen-bond acceptors (Lipinski definition) is 3. The summed E-state index contributed by atoms with van der Waals surface area (Å²) in [6.45, 7) is 1.45. The van der Waals surface area contributed by atoms with Gasteiger partial charge in [-0.1, -0.05) is 31.0 Å². The first-order chi connectivity index (χ1) is 14.1. The van der Waals surface area contributed by atoms with Crippen LogP contribution in [0.4, 0.5) is 14.9 Å². The molecule has 2 aromatic rings. The minimum Gasteiger partial charge on any atom is -0.447 e. The Kier molecular flexibility index (Phi) is 5.79. The first-order valence-corrected chi connectivity index (χ1v) is 10.2. The molecule has 0 spiro atoms. The van der Waals surface area contributed by atoms with E-state index < -0.39 is 0 Å². The highest BCUT2D eigenvalue weighted by molar-refractivity contribution is 5.97. The Morgan fingerprint density at radius 1 is 1.14 bits per heavy atom. The van der Waals surface area contributed by atoms with E-state index in [9.17, 15) is 14.0 Å². The van der Waals surface area contributed by atoms with Crippen molar-refractivity contribution in [2.75, 3.05) is 24.6 Å². The van der Waals surface area contributed by atoms with Gasteiger partial charge >= 0.3 is 6.09 Å². The van der Waals surface area contributed by atoms with Crippen LogP contribution < -0.4 is 4.90 Å². The number of nitrogens with zero attached hydrogens (tertiary/aromatic N) is 2.